The van der Waals surface area contributed by atoms with Gasteiger partial charge in [-0.05, 0) is 37.0 Å². The minimum Gasteiger partial charge on any atom is -0.396 e. The van der Waals surface area contributed by atoms with E-state index in [0.717, 1.165) is 17.9 Å². The molecule has 1 rings (SSSR count). The number of sulfonamides is 1. The Morgan fingerprint density at radius 2 is 2.05 bits per heavy atom. The number of halogens is 2. The second kappa shape index (κ2) is 7.75. The molecular formula is C12H18Cl2N2O2S2. The van der Waals surface area contributed by atoms with E-state index in [1.165, 1.54) is 12.1 Å². The molecule has 0 amide bonds. The topological polar surface area (TPSA) is 72.2 Å². The zero-order chi connectivity index (χ0) is 15.3. The van der Waals surface area contributed by atoms with E-state index in [0.29, 0.717) is 0 Å². The Morgan fingerprint density at radius 1 is 1.40 bits per heavy atom. The summed E-state index contributed by atoms with van der Waals surface area (Å²) in [5.41, 5.74) is 5.72. The second-order valence-corrected chi connectivity index (χ2v) is 8.14. The van der Waals surface area contributed by atoms with E-state index >= 15 is 0 Å². The molecule has 1 atom stereocenters. The van der Waals surface area contributed by atoms with Crippen molar-refractivity contribution in [3.63, 3.8) is 0 Å². The van der Waals surface area contributed by atoms with Crippen LogP contribution in [0.15, 0.2) is 17.0 Å². The molecule has 4 nitrogen and oxygen atoms in total. The molecular weight excluding hydrogens is 339 g/mol. The first-order valence-corrected chi connectivity index (χ1v) is 9.52. The van der Waals surface area contributed by atoms with Crippen molar-refractivity contribution in [1.82, 2.24) is 4.72 Å². The zero-order valence-corrected chi connectivity index (χ0v) is 14.5. The van der Waals surface area contributed by atoms with Crippen LogP contribution in [0.3, 0.4) is 0 Å². The van der Waals surface area contributed by atoms with Crippen molar-refractivity contribution >= 4 is 50.7 Å². The van der Waals surface area contributed by atoms with Crippen molar-refractivity contribution in [2.45, 2.75) is 31.2 Å². The SMILES string of the molecule is CCSCCC(C)NS(=O)(=O)c1ccc(Cl)c(N)c1Cl. The molecule has 20 heavy (non-hydrogen) atoms. The lowest BCUT2D eigenvalue weighted by molar-refractivity contribution is 0.557. The normalized spacial score (nSPS) is 13.4. The summed E-state index contributed by atoms with van der Waals surface area (Å²) in [5, 5.41) is 0.196. The molecule has 0 aliphatic heterocycles. The number of rotatable bonds is 7. The summed E-state index contributed by atoms with van der Waals surface area (Å²) in [7, 11) is -3.70. The van der Waals surface area contributed by atoms with Crippen molar-refractivity contribution in [3.8, 4) is 0 Å². The molecule has 8 heteroatoms. The fraction of sp³-hybridized carbons (Fsp3) is 0.500. The highest BCUT2D eigenvalue weighted by Crippen LogP contribution is 2.33. The molecule has 0 spiro atoms. The van der Waals surface area contributed by atoms with Crippen LogP contribution >= 0.6 is 35.0 Å². The zero-order valence-electron chi connectivity index (χ0n) is 11.3. The Bertz CT molecular complexity index is 565. The quantitative estimate of drug-likeness (QED) is 0.580. The maximum Gasteiger partial charge on any atom is 0.242 e. The second-order valence-electron chi connectivity index (χ2n) is 4.28. The predicted molar refractivity (Wildman–Crippen MR) is 88.3 cm³/mol. The Labute approximate surface area is 134 Å². The van der Waals surface area contributed by atoms with Crippen LogP contribution < -0.4 is 10.5 Å². The molecule has 0 aliphatic rings. The van der Waals surface area contributed by atoms with Gasteiger partial charge < -0.3 is 5.73 Å². The highest BCUT2D eigenvalue weighted by molar-refractivity contribution is 7.99. The maximum absolute atomic E-state index is 12.3. The van der Waals surface area contributed by atoms with Gasteiger partial charge in [0.2, 0.25) is 10.0 Å². The summed E-state index contributed by atoms with van der Waals surface area (Å²) in [5.74, 6) is 1.91. The van der Waals surface area contributed by atoms with Crippen LogP contribution in [0, 0.1) is 0 Å². The number of nitrogens with two attached hydrogens (primary N) is 1. The highest BCUT2D eigenvalue weighted by Gasteiger charge is 2.22. The molecule has 0 saturated heterocycles. The first-order chi connectivity index (χ1) is 9.29. The van der Waals surface area contributed by atoms with Crippen molar-refractivity contribution in [2.75, 3.05) is 17.2 Å². The average Bonchev–Trinajstić information content (AvgIpc) is 2.35. The van der Waals surface area contributed by atoms with E-state index < -0.39 is 10.0 Å². The smallest absolute Gasteiger partial charge is 0.242 e. The van der Waals surface area contributed by atoms with E-state index in [1.807, 2.05) is 6.92 Å². The largest absolute Gasteiger partial charge is 0.396 e. The van der Waals surface area contributed by atoms with Crippen LogP contribution in [0.2, 0.25) is 10.0 Å². The molecule has 114 valence electrons. The summed E-state index contributed by atoms with van der Waals surface area (Å²) < 4.78 is 27.1. The lowest BCUT2D eigenvalue weighted by Crippen LogP contribution is -2.33. The number of nitrogen functional groups attached to an aromatic ring is 1. The molecule has 1 aromatic carbocycles. The van der Waals surface area contributed by atoms with Crippen LogP contribution in [0.25, 0.3) is 0 Å². The van der Waals surface area contributed by atoms with Crippen LogP contribution in [0.1, 0.15) is 20.3 Å². The maximum atomic E-state index is 12.3. The van der Waals surface area contributed by atoms with Gasteiger partial charge in [0, 0.05) is 6.04 Å². The molecule has 0 saturated carbocycles. The third kappa shape index (κ3) is 4.70. The highest BCUT2D eigenvalue weighted by atomic mass is 35.5. The Hall–Kier alpha value is -0.140. The molecule has 3 N–H and O–H groups in total. The van der Waals surface area contributed by atoms with Gasteiger partial charge in [-0.15, -0.1) is 0 Å². The van der Waals surface area contributed by atoms with Gasteiger partial charge in [0.1, 0.15) is 4.90 Å². The van der Waals surface area contributed by atoms with Gasteiger partial charge in [0.05, 0.1) is 15.7 Å². The minimum absolute atomic E-state index is 0.0415. The van der Waals surface area contributed by atoms with Gasteiger partial charge >= 0.3 is 0 Å². The monoisotopic (exact) mass is 356 g/mol. The molecule has 0 bridgehead atoms. The van der Waals surface area contributed by atoms with Crippen molar-refractivity contribution < 1.29 is 8.42 Å². The Kier molecular flexibility index (Phi) is 6.94. The first-order valence-electron chi connectivity index (χ1n) is 6.13. The molecule has 0 aromatic heterocycles. The summed E-state index contributed by atoms with van der Waals surface area (Å²) in [6.45, 7) is 3.89. The fourth-order valence-electron chi connectivity index (χ4n) is 1.55. The minimum atomic E-state index is -3.70. The van der Waals surface area contributed by atoms with Crippen molar-refractivity contribution in [3.05, 3.63) is 22.2 Å². The van der Waals surface area contributed by atoms with Gasteiger partial charge in [-0.25, -0.2) is 13.1 Å². The van der Waals surface area contributed by atoms with E-state index in [4.69, 9.17) is 28.9 Å². The summed E-state index contributed by atoms with van der Waals surface area (Å²) in [6.07, 6.45) is 0.748. The number of benzene rings is 1. The van der Waals surface area contributed by atoms with Crippen LogP contribution in [-0.4, -0.2) is 26.0 Å². The number of hydrogen-bond donors (Lipinski definition) is 2. The molecule has 0 aliphatic carbocycles. The van der Waals surface area contributed by atoms with Gasteiger partial charge in [0.15, 0.2) is 0 Å². The van der Waals surface area contributed by atoms with Crippen molar-refractivity contribution in [1.29, 1.82) is 0 Å². The predicted octanol–water partition coefficient (Wildman–Crippen LogP) is 3.39. The van der Waals surface area contributed by atoms with Gasteiger partial charge in [-0.3, -0.25) is 0 Å². The van der Waals surface area contributed by atoms with Crippen LogP contribution in [0.4, 0.5) is 5.69 Å². The van der Waals surface area contributed by atoms with Crippen LogP contribution in [0.5, 0.6) is 0 Å². The van der Waals surface area contributed by atoms with Gasteiger partial charge in [-0.2, -0.15) is 11.8 Å². The lowest BCUT2D eigenvalue weighted by Gasteiger charge is -2.15. The van der Waals surface area contributed by atoms with Gasteiger partial charge in [-0.1, -0.05) is 30.1 Å². The third-order valence-corrected chi connectivity index (χ3v) is 6.05. The standard InChI is InChI=1S/C12H18Cl2N2O2S2/c1-3-19-7-6-8(2)16-20(17,18)10-5-4-9(13)12(15)11(10)14/h4-5,8,16H,3,6-7,15H2,1-2H3. The first kappa shape index (κ1) is 17.9. The van der Waals surface area contributed by atoms with E-state index in [-0.39, 0.29) is 26.7 Å². The molecule has 0 radical (unpaired) electrons. The third-order valence-electron chi connectivity index (χ3n) is 2.64. The Balaban J connectivity index is 2.87. The fourth-order valence-corrected chi connectivity index (χ4v) is 4.40. The molecule has 1 aromatic rings. The number of hydrogen-bond acceptors (Lipinski definition) is 4. The van der Waals surface area contributed by atoms with Crippen LogP contribution in [-0.2, 0) is 10.0 Å². The number of nitrogens with one attached hydrogen (secondary N) is 1. The lowest BCUT2D eigenvalue weighted by atomic mass is 10.3. The van der Waals surface area contributed by atoms with Gasteiger partial charge in [0.25, 0.3) is 0 Å². The van der Waals surface area contributed by atoms with E-state index in [1.54, 1.807) is 11.8 Å². The van der Waals surface area contributed by atoms with E-state index in [2.05, 4.69) is 11.6 Å². The van der Waals surface area contributed by atoms with E-state index in [9.17, 15) is 8.42 Å². The number of thioether (sulfide) groups is 1. The summed E-state index contributed by atoms with van der Waals surface area (Å²) in [4.78, 5) is -0.0453. The Morgan fingerprint density at radius 3 is 2.65 bits per heavy atom. The molecule has 1 unspecified atom stereocenters. The number of anilines is 1. The summed E-state index contributed by atoms with van der Waals surface area (Å²) >= 11 is 13.5. The van der Waals surface area contributed by atoms with Crippen molar-refractivity contribution in [2.24, 2.45) is 0 Å². The molecule has 0 heterocycles. The average molecular weight is 357 g/mol. The summed E-state index contributed by atoms with van der Waals surface area (Å²) in [6, 6.07) is 2.61. The molecule has 0 fully saturated rings.